The molecule has 4 rings (SSSR count). The van der Waals surface area contributed by atoms with E-state index in [0.717, 1.165) is 35.3 Å². The molecule has 2 aromatic carbocycles. The first-order chi connectivity index (χ1) is 11.6. The van der Waals surface area contributed by atoms with Gasteiger partial charge in [0.1, 0.15) is 18.0 Å². The summed E-state index contributed by atoms with van der Waals surface area (Å²) in [5.41, 5.74) is 1.92. The van der Waals surface area contributed by atoms with Crippen molar-refractivity contribution in [3.63, 3.8) is 0 Å². The Balaban J connectivity index is 1.66. The predicted molar refractivity (Wildman–Crippen MR) is 88.8 cm³/mol. The van der Waals surface area contributed by atoms with Crippen LogP contribution in [0.4, 0.5) is 0 Å². The number of esters is 1. The van der Waals surface area contributed by atoms with Crippen molar-refractivity contribution in [2.24, 2.45) is 0 Å². The van der Waals surface area contributed by atoms with Gasteiger partial charge in [-0.05, 0) is 43.0 Å². The summed E-state index contributed by atoms with van der Waals surface area (Å²) in [7, 11) is 1.63. The molecule has 2 aromatic rings. The standard InChI is InChI=1S/C20H20O4/c1-13-3-7-15(8-4-13)20(19(21)23-17-11-12-17)18(24-20)14-5-9-16(22-2)10-6-14/h3-10,17-18H,11-12H2,1-2H3. The average molecular weight is 324 g/mol. The molecule has 4 nitrogen and oxygen atoms in total. The third-order valence-corrected chi connectivity index (χ3v) is 4.62. The Labute approximate surface area is 141 Å². The van der Waals surface area contributed by atoms with Crippen molar-refractivity contribution in [1.82, 2.24) is 0 Å². The van der Waals surface area contributed by atoms with E-state index in [4.69, 9.17) is 14.2 Å². The lowest BCUT2D eigenvalue weighted by atomic mass is 9.91. The maximum atomic E-state index is 12.8. The molecule has 0 aromatic heterocycles. The van der Waals surface area contributed by atoms with Crippen LogP contribution in [0.5, 0.6) is 5.75 Å². The van der Waals surface area contributed by atoms with Crippen LogP contribution >= 0.6 is 0 Å². The van der Waals surface area contributed by atoms with Gasteiger partial charge >= 0.3 is 5.97 Å². The van der Waals surface area contributed by atoms with Crippen LogP contribution in [0.3, 0.4) is 0 Å². The van der Waals surface area contributed by atoms with E-state index in [2.05, 4.69) is 0 Å². The fourth-order valence-corrected chi connectivity index (χ4v) is 2.95. The molecule has 1 heterocycles. The van der Waals surface area contributed by atoms with Gasteiger partial charge in [-0.1, -0.05) is 42.0 Å². The molecular formula is C20H20O4. The highest BCUT2D eigenvalue weighted by molar-refractivity contribution is 5.86. The zero-order valence-corrected chi connectivity index (χ0v) is 13.8. The third-order valence-electron chi connectivity index (χ3n) is 4.62. The molecule has 1 aliphatic heterocycles. The number of hydrogen-bond acceptors (Lipinski definition) is 4. The SMILES string of the molecule is COc1ccc(C2OC2(C(=O)OC2CC2)c2ccc(C)cc2)cc1. The van der Waals surface area contributed by atoms with Gasteiger partial charge in [-0.3, -0.25) is 0 Å². The number of methoxy groups -OCH3 is 1. The Hall–Kier alpha value is -2.33. The number of rotatable bonds is 5. The molecule has 0 bridgehead atoms. The summed E-state index contributed by atoms with van der Waals surface area (Å²) < 4.78 is 16.7. The molecule has 0 spiro atoms. The summed E-state index contributed by atoms with van der Waals surface area (Å²) in [6.45, 7) is 2.02. The Morgan fingerprint density at radius 1 is 1.08 bits per heavy atom. The van der Waals surface area contributed by atoms with Gasteiger partial charge in [-0.15, -0.1) is 0 Å². The molecule has 2 unspecified atom stereocenters. The number of benzene rings is 2. The zero-order valence-electron chi connectivity index (χ0n) is 13.8. The van der Waals surface area contributed by atoms with E-state index in [1.807, 2.05) is 55.5 Å². The monoisotopic (exact) mass is 324 g/mol. The van der Waals surface area contributed by atoms with Crippen LogP contribution in [0.1, 0.15) is 35.6 Å². The molecule has 4 heteroatoms. The van der Waals surface area contributed by atoms with E-state index in [1.165, 1.54) is 0 Å². The lowest BCUT2D eigenvalue weighted by Crippen LogP contribution is -2.26. The van der Waals surface area contributed by atoms with Gasteiger partial charge < -0.3 is 14.2 Å². The van der Waals surface area contributed by atoms with Crippen LogP contribution in [0.15, 0.2) is 48.5 Å². The number of carbonyl (C=O) groups is 1. The van der Waals surface area contributed by atoms with Crippen molar-refractivity contribution >= 4 is 5.97 Å². The van der Waals surface area contributed by atoms with Gasteiger partial charge in [-0.2, -0.15) is 0 Å². The Kier molecular flexibility index (Phi) is 3.57. The van der Waals surface area contributed by atoms with Crippen molar-refractivity contribution in [2.75, 3.05) is 7.11 Å². The molecule has 0 amide bonds. The number of epoxide rings is 1. The quantitative estimate of drug-likeness (QED) is 0.622. The Morgan fingerprint density at radius 3 is 2.33 bits per heavy atom. The summed E-state index contributed by atoms with van der Waals surface area (Å²) in [6.07, 6.45) is 1.63. The Morgan fingerprint density at radius 2 is 1.75 bits per heavy atom. The topological polar surface area (TPSA) is 48.1 Å². The Bertz CT molecular complexity index is 746. The summed E-state index contributed by atoms with van der Waals surface area (Å²) in [5, 5.41) is 0. The minimum atomic E-state index is -1.02. The summed E-state index contributed by atoms with van der Waals surface area (Å²) in [6, 6.07) is 15.5. The van der Waals surface area contributed by atoms with Crippen molar-refractivity contribution in [1.29, 1.82) is 0 Å². The van der Waals surface area contributed by atoms with Crippen LogP contribution in [0.25, 0.3) is 0 Å². The molecular weight excluding hydrogens is 304 g/mol. The number of aryl methyl sites for hydroxylation is 1. The fourth-order valence-electron chi connectivity index (χ4n) is 2.95. The fraction of sp³-hybridized carbons (Fsp3) is 0.350. The highest BCUT2D eigenvalue weighted by Gasteiger charge is 2.66. The summed E-state index contributed by atoms with van der Waals surface area (Å²) in [5.74, 6) is 0.496. The average Bonchev–Trinajstić information content (AvgIpc) is 3.50. The van der Waals surface area contributed by atoms with Crippen LogP contribution in [0.2, 0.25) is 0 Å². The first kappa shape index (κ1) is 15.2. The maximum Gasteiger partial charge on any atom is 0.346 e. The van der Waals surface area contributed by atoms with E-state index in [9.17, 15) is 4.79 Å². The van der Waals surface area contributed by atoms with Gasteiger partial charge in [0.25, 0.3) is 0 Å². The lowest BCUT2D eigenvalue weighted by Gasteiger charge is -2.13. The van der Waals surface area contributed by atoms with E-state index in [-0.39, 0.29) is 18.2 Å². The molecule has 1 saturated heterocycles. The van der Waals surface area contributed by atoms with Crippen LogP contribution in [0, 0.1) is 6.92 Å². The number of hydrogen-bond donors (Lipinski definition) is 0. The number of ether oxygens (including phenoxy) is 3. The molecule has 1 aliphatic carbocycles. The first-order valence-corrected chi connectivity index (χ1v) is 8.23. The van der Waals surface area contributed by atoms with Crippen LogP contribution < -0.4 is 4.74 Å². The van der Waals surface area contributed by atoms with Gasteiger partial charge in [0.15, 0.2) is 0 Å². The third kappa shape index (κ3) is 2.57. The second-order valence-electron chi connectivity index (χ2n) is 6.48. The van der Waals surface area contributed by atoms with Crippen LogP contribution in [-0.2, 0) is 19.9 Å². The van der Waals surface area contributed by atoms with E-state index < -0.39 is 5.60 Å². The zero-order chi connectivity index (χ0) is 16.7. The first-order valence-electron chi connectivity index (χ1n) is 8.23. The summed E-state index contributed by atoms with van der Waals surface area (Å²) >= 11 is 0. The molecule has 124 valence electrons. The minimum Gasteiger partial charge on any atom is -0.497 e. The van der Waals surface area contributed by atoms with Crippen molar-refractivity contribution in [3.05, 3.63) is 65.2 Å². The normalized spacial score (nSPS) is 25.2. The largest absolute Gasteiger partial charge is 0.497 e. The highest BCUT2D eigenvalue weighted by atomic mass is 16.7. The van der Waals surface area contributed by atoms with Gasteiger partial charge in [0.2, 0.25) is 5.60 Å². The minimum absolute atomic E-state index is 0.0561. The van der Waals surface area contributed by atoms with E-state index in [0.29, 0.717) is 0 Å². The molecule has 24 heavy (non-hydrogen) atoms. The van der Waals surface area contributed by atoms with Crippen molar-refractivity contribution in [3.8, 4) is 5.75 Å². The van der Waals surface area contributed by atoms with E-state index >= 15 is 0 Å². The molecule has 0 N–H and O–H groups in total. The van der Waals surface area contributed by atoms with Gasteiger partial charge in [0, 0.05) is 0 Å². The van der Waals surface area contributed by atoms with E-state index in [1.54, 1.807) is 7.11 Å². The summed E-state index contributed by atoms with van der Waals surface area (Å²) in [4.78, 5) is 12.8. The molecule has 1 saturated carbocycles. The smallest absolute Gasteiger partial charge is 0.346 e. The number of carbonyl (C=O) groups excluding carboxylic acids is 1. The van der Waals surface area contributed by atoms with Gasteiger partial charge in [0.05, 0.1) is 7.11 Å². The second kappa shape index (κ2) is 5.64. The highest BCUT2D eigenvalue weighted by Crippen LogP contribution is 2.58. The molecule has 0 radical (unpaired) electrons. The predicted octanol–water partition coefficient (Wildman–Crippen LogP) is 3.68. The van der Waals surface area contributed by atoms with Crippen molar-refractivity contribution < 1.29 is 19.0 Å². The molecule has 2 aliphatic rings. The van der Waals surface area contributed by atoms with Gasteiger partial charge in [-0.25, -0.2) is 4.79 Å². The second-order valence-corrected chi connectivity index (χ2v) is 6.48. The van der Waals surface area contributed by atoms with Crippen LogP contribution in [-0.4, -0.2) is 19.2 Å². The molecule has 2 atom stereocenters. The molecule has 2 fully saturated rings. The maximum absolute atomic E-state index is 12.8. The lowest BCUT2D eigenvalue weighted by molar-refractivity contribution is -0.151. The van der Waals surface area contributed by atoms with Crippen molar-refractivity contribution in [2.45, 2.75) is 37.6 Å².